The minimum absolute atomic E-state index is 0.00338. The molecular weight excluding hydrogens is 228 g/mol. The van der Waals surface area contributed by atoms with Crippen molar-refractivity contribution in [1.82, 2.24) is 0 Å². The van der Waals surface area contributed by atoms with Gasteiger partial charge in [0.2, 0.25) is 0 Å². The first-order valence-corrected chi connectivity index (χ1v) is 6.54. The fraction of sp³-hybridized carbons (Fsp3) is 0.533. The third-order valence-electron chi connectivity index (χ3n) is 4.01. The summed E-state index contributed by atoms with van der Waals surface area (Å²) in [4.78, 5) is 11.7. The Balaban J connectivity index is 2.42. The number of ether oxygens (including phenoxy) is 1. The van der Waals surface area contributed by atoms with Crippen LogP contribution in [0.2, 0.25) is 0 Å². The second-order valence-electron chi connectivity index (χ2n) is 4.93. The standard InChI is InChI=1S/C15H20O3/c1-18-15(14(16)17,12-8-4-2-5-9-12)13-10-6-3-7-11-13/h2,4-5,8-9,13H,3,6-7,10-11H2,1H3,(H,16,17)/p-1. The zero-order valence-electron chi connectivity index (χ0n) is 10.7. The van der Waals surface area contributed by atoms with Gasteiger partial charge in [0.1, 0.15) is 5.60 Å². The quantitative estimate of drug-likeness (QED) is 0.816. The highest BCUT2D eigenvalue weighted by molar-refractivity contribution is 5.78. The molecule has 0 N–H and O–H groups in total. The van der Waals surface area contributed by atoms with Gasteiger partial charge in [0, 0.05) is 7.11 Å². The summed E-state index contributed by atoms with van der Waals surface area (Å²) in [5.41, 5.74) is -0.596. The van der Waals surface area contributed by atoms with Gasteiger partial charge in [0.25, 0.3) is 0 Å². The fourth-order valence-corrected chi connectivity index (χ4v) is 3.08. The predicted molar refractivity (Wildman–Crippen MR) is 66.7 cm³/mol. The molecule has 2 rings (SSSR count). The van der Waals surface area contributed by atoms with Crippen LogP contribution in [0.15, 0.2) is 30.3 Å². The Bertz CT molecular complexity index is 395. The second-order valence-corrected chi connectivity index (χ2v) is 4.93. The number of hydrogen-bond donors (Lipinski definition) is 0. The molecule has 0 radical (unpaired) electrons. The predicted octanol–water partition coefficient (Wildman–Crippen LogP) is 1.86. The molecule has 1 atom stereocenters. The maximum atomic E-state index is 11.7. The number of hydrogen-bond acceptors (Lipinski definition) is 3. The van der Waals surface area contributed by atoms with Gasteiger partial charge in [-0.25, -0.2) is 0 Å². The van der Waals surface area contributed by atoms with Crippen molar-refractivity contribution >= 4 is 5.97 Å². The van der Waals surface area contributed by atoms with E-state index in [1.165, 1.54) is 13.5 Å². The zero-order chi connectivity index (χ0) is 13.0. The van der Waals surface area contributed by atoms with Gasteiger partial charge in [0.05, 0.1) is 5.97 Å². The molecule has 3 nitrogen and oxygen atoms in total. The van der Waals surface area contributed by atoms with E-state index >= 15 is 0 Å². The third kappa shape index (κ3) is 2.15. The van der Waals surface area contributed by atoms with Crippen LogP contribution in [-0.2, 0) is 15.1 Å². The van der Waals surface area contributed by atoms with Gasteiger partial charge in [-0.2, -0.15) is 0 Å². The van der Waals surface area contributed by atoms with E-state index in [1.807, 2.05) is 30.3 Å². The number of methoxy groups -OCH3 is 1. The summed E-state index contributed by atoms with van der Waals surface area (Å²) in [7, 11) is 1.47. The number of carbonyl (C=O) groups excluding carboxylic acids is 1. The smallest absolute Gasteiger partial charge is 0.135 e. The number of benzene rings is 1. The molecule has 0 amide bonds. The molecule has 0 heterocycles. The molecule has 0 aromatic heterocycles. The van der Waals surface area contributed by atoms with E-state index in [4.69, 9.17) is 4.74 Å². The van der Waals surface area contributed by atoms with Gasteiger partial charge < -0.3 is 14.6 Å². The van der Waals surface area contributed by atoms with Crippen LogP contribution >= 0.6 is 0 Å². The Morgan fingerprint density at radius 1 is 1.22 bits per heavy atom. The van der Waals surface area contributed by atoms with Crippen molar-refractivity contribution in [3.63, 3.8) is 0 Å². The lowest BCUT2D eigenvalue weighted by molar-refractivity contribution is -0.333. The highest BCUT2D eigenvalue weighted by Crippen LogP contribution is 2.41. The maximum Gasteiger partial charge on any atom is 0.135 e. The number of carboxylic acids is 1. The lowest BCUT2D eigenvalue weighted by Gasteiger charge is -2.42. The van der Waals surface area contributed by atoms with Crippen LogP contribution in [0.4, 0.5) is 0 Å². The largest absolute Gasteiger partial charge is 0.547 e. The summed E-state index contributed by atoms with van der Waals surface area (Å²) >= 11 is 0. The summed E-state index contributed by atoms with van der Waals surface area (Å²) in [5.74, 6) is -1.12. The average molecular weight is 247 g/mol. The van der Waals surface area contributed by atoms with Gasteiger partial charge in [-0.3, -0.25) is 0 Å². The maximum absolute atomic E-state index is 11.7. The van der Waals surface area contributed by atoms with Crippen molar-refractivity contribution in [1.29, 1.82) is 0 Å². The molecular formula is C15H19O3-. The Labute approximate surface area is 108 Å². The van der Waals surface area contributed by atoms with Gasteiger partial charge >= 0.3 is 0 Å². The molecule has 0 saturated heterocycles. The van der Waals surface area contributed by atoms with E-state index in [-0.39, 0.29) is 5.92 Å². The lowest BCUT2D eigenvalue weighted by Crippen LogP contribution is -2.52. The molecule has 1 aliphatic carbocycles. The molecule has 1 aromatic rings. The van der Waals surface area contributed by atoms with Crippen molar-refractivity contribution in [2.45, 2.75) is 37.7 Å². The number of rotatable bonds is 4. The summed E-state index contributed by atoms with van der Waals surface area (Å²) < 4.78 is 5.46. The van der Waals surface area contributed by atoms with E-state index in [9.17, 15) is 9.90 Å². The Morgan fingerprint density at radius 3 is 2.33 bits per heavy atom. The van der Waals surface area contributed by atoms with Crippen LogP contribution in [0.5, 0.6) is 0 Å². The number of aliphatic carboxylic acids is 1. The van der Waals surface area contributed by atoms with Crippen molar-refractivity contribution in [2.75, 3.05) is 7.11 Å². The summed E-state index contributed by atoms with van der Waals surface area (Å²) in [5, 5.41) is 11.7. The van der Waals surface area contributed by atoms with Gasteiger partial charge in [0.15, 0.2) is 0 Å². The molecule has 1 aliphatic rings. The molecule has 0 aliphatic heterocycles. The third-order valence-corrected chi connectivity index (χ3v) is 4.01. The van der Waals surface area contributed by atoms with E-state index in [1.54, 1.807) is 0 Å². The molecule has 3 heteroatoms. The van der Waals surface area contributed by atoms with E-state index in [2.05, 4.69) is 0 Å². The van der Waals surface area contributed by atoms with Crippen LogP contribution in [0.1, 0.15) is 37.7 Å². The van der Waals surface area contributed by atoms with Gasteiger partial charge in [-0.05, 0) is 24.3 Å². The minimum Gasteiger partial charge on any atom is -0.547 e. The normalized spacial score (nSPS) is 20.3. The first-order chi connectivity index (χ1) is 8.71. The molecule has 98 valence electrons. The summed E-state index contributed by atoms with van der Waals surface area (Å²) in [6.45, 7) is 0. The van der Waals surface area contributed by atoms with Crippen molar-refractivity contribution in [2.24, 2.45) is 5.92 Å². The SMILES string of the molecule is COC(C(=O)[O-])(c1ccccc1)C1CCCCC1. The van der Waals surface area contributed by atoms with Crippen LogP contribution in [0.3, 0.4) is 0 Å². The Hall–Kier alpha value is -1.35. The molecule has 0 spiro atoms. The topological polar surface area (TPSA) is 49.4 Å². The first kappa shape index (κ1) is 13.1. The van der Waals surface area contributed by atoms with E-state index in [0.29, 0.717) is 5.56 Å². The molecule has 1 aromatic carbocycles. The Kier molecular flexibility index (Phi) is 4.02. The zero-order valence-corrected chi connectivity index (χ0v) is 10.7. The molecule has 1 unspecified atom stereocenters. The van der Waals surface area contributed by atoms with Crippen LogP contribution in [-0.4, -0.2) is 13.1 Å². The fourth-order valence-electron chi connectivity index (χ4n) is 3.08. The lowest BCUT2D eigenvalue weighted by atomic mass is 9.73. The summed E-state index contributed by atoms with van der Waals surface area (Å²) in [6.07, 6.45) is 5.08. The number of carboxylic acid groups (broad SMARTS) is 1. The molecule has 1 fully saturated rings. The van der Waals surface area contributed by atoms with Crippen LogP contribution in [0.25, 0.3) is 0 Å². The Morgan fingerprint density at radius 2 is 1.83 bits per heavy atom. The average Bonchev–Trinajstić information content (AvgIpc) is 2.42. The molecule has 18 heavy (non-hydrogen) atoms. The minimum atomic E-state index is -1.29. The first-order valence-electron chi connectivity index (χ1n) is 6.54. The molecule has 0 bridgehead atoms. The van der Waals surface area contributed by atoms with Crippen LogP contribution in [0, 0.1) is 5.92 Å². The van der Waals surface area contributed by atoms with Crippen molar-refractivity contribution < 1.29 is 14.6 Å². The highest BCUT2D eigenvalue weighted by atomic mass is 16.5. The molecule has 1 saturated carbocycles. The van der Waals surface area contributed by atoms with Gasteiger partial charge in [-0.1, -0.05) is 49.6 Å². The van der Waals surface area contributed by atoms with E-state index in [0.717, 1.165) is 25.7 Å². The number of carbonyl (C=O) groups is 1. The van der Waals surface area contributed by atoms with E-state index < -0.39 is 11.6 Å². The van der Waals surface area contributed by atoms with Crippen LogP contribution < -0.4 is 5.11 Å². The second kappa shape index (κ2) is 5.53. The van der Waals surface area contributed by atoms with Crippen molar-refractivity contribution in [3.05, 3.63) is 35.9 Å². The van der Waals surface area contributed by atoms with Crippen molar-refractivity contribution in [3.8, 4) is 0 Å². The summed E-state index contributed by atoms with van der Waals surface area (Å²) in [6, 6.07) is 9.19. The van der Waals surface area contributed by atoms with Gasteiger partial charge in [-0.15, -0.1) is 0 Å². The monoisotopic (exact) mass is 247 g/mol. The highest BCUT2D eigenvalue weighted by Gasteiger charge is 2.42.